The Hall–Kier alpha value is -3.63. The summed E-state index contributed by atoms with van der Waals surface area (Å²) >= 11 is 0. The van der Waals surface area contributed by atoms with Crippen LogP contribution in [0.3, 0.4) is 0 Å². The summed E-state index contributed by atoms with van der Waals surface area (Å²) in [5.74, 6) is 0.483. The van der Waals surface area contributed by atoms with Crippen LogP contribution in [0.4, 0.5) is 18.0 Å². The van der Waals surface area contributed by atoms with Crippen molar-refractivity contribution in [3.63, 3.8) is 0 Å². The van der Waals surface area contributed by atoms with E-state index in [0.717, 1.165) is 25.3 Å². The molecular formula is C26H26F3N5O3. The van der Waals surface area contributed by atoms with Gasteiger partial charge in [0.1, 0.15) is 17.6 Å². The van der Waals surface area contributed by atoms with Gasteiger partial charge in [-0.25, -0.2) is 4.79 Å². The number of likely N-dealkylation sites (tertiary alicyclic amines) is 2. The first-order valence-electron chi connectivity index (χ1n) is 12.5. The molecule has 8 nitrogen and oxygen atoms in total. The van der Waals surface area contributed by atoms with Crippen molar-refractivity contribution in [2.75, 3.05) is 26.2 Å². The fourth-order valence-corrected chi connectivity index (χ4v) is 5.56. The highest BCUT2D eigenvalue weighted by molar-refractivity contribution is 5.97. The Morgan fingerprint density at radius 2 is 1.70 bits per heavy atom. The third-order valence-electron chi connectivity index (χ3n) is 7.75. The van der Waals surface area contributed by atoms with Crippen molar-refractivity contribution in [1.29, 1.82) is 0 Å². The lowest BCUT2D eigenvalue weighted by Crippen LogP contribution is -2.43. The van der Waals surface area contributed by atoms with Gasteiger partial charge >= 0.3 is 12.3 Å². The molecule has 2 saturated heterocycles. The summed E-state index contributed by atoms with van der Waals surface area (Å²) in [5, 5.41) is 10.6. The molecule has 1 N–H and O–H groups in total. The molecule has 11 heteroatoms. The molecule has 2 atom stereocenters. The standard InChI is InChI=1S/C26H26F3N5O3/c27-26(28,29)20-5-3-18(21(10-20)15-1-2-15)14-37-25(36)33-8-7-17-11-34(13-19(17)12-33)24(35)16-4-6-22-23(9-16)31-32-30-22/h3-6,9-10,15,17,19H,1-2,7-8,11-14H2,(H,30,31,32)/t17-,19-/m1/s1. The molecule has 3 fully saturated rings. The molecule has 0 unspecified atom stereocenters. The minimum absolute atomic E-state index is 0.0530. The molecule has 3 aliphatic rings. The monoisotopic (exact) mass is 513 g/mol. The lowest BCUT2D eigenvalue weighted by Gasteiger charge is -2.33. The van der Waals surface area contributed by atoms with E-state index in [2.05, 4.69) is 15.4 Å². The maximum atomic E-state index is 13.1. The van der Waals surface area contributed by atoms with E-state index in [-0.39, 0.29) is 24.3 Å². The lowest BCUT2D eigenvalue weighted by atomic mass is 9.89. The summed E-state index contributed by atoms with van der Waals surface area (Å²) in [5.41, 5.74) is 2.46. The molecule has 1 saturated carbocycles. The lowest BCUT2D eigenvalue weighted by molar-refractivity contribution is -0.137. The van der Waals surface area contributed by atoms with Crippen molar-refractivity contribution in [1.82, 2.24) is 25.2 Å². The molecule has 194 valence electrons. The van der Waals surface area contributed by atoms with Crippen LogP contribution >= 0.6 is 0 Å². The molecule has 1 aliphatic carbocycles. The highest BCUT2D eigenvalue weighted by atomic mass is 19.4. The minimum Gasteiger partial charge on any atom is -0.445 e. The van der Waals surface area contributed by atoms with Crippen LogP contribution in [0, 0.1) is 11.8 Å². The Morgan fingerprint density at radius 3 is 2.49 bits per heavy atom. The highest BCUT2D eigenvalue weighted by Crippen LogP contribution is 2.44. The summed E-state index contributed by atoms with van der Waals surface area (Å²) in [6, 6.07) is 8.90. The second-order valence-corrected chi connectivity index (χ2v) is 10.2. The van der Waals surface area contributed by atoms with E-state index in [0.29, 0.717) is 59.8 Å². The topological polar surface area (TPSA) is 91.4 Å². The summed E-state index contributed by atoms with van der Waals surface area (Å²) in [6.07, 6.45) is -2.42. The van der Waals surface area contributed by atoms with Crippen molar-refractivity contribution in [2.24, 2.45) is 11.8 Å². The van der Waals surface area contributed by atoms with Crippen LogP contribution in [0.1, 0.15) is 52.2 Å². The minimum atomic E-state index is -4.40. The molecule has 0 spiro atoms. The first kappa shape index (κ1) is 23.7. The number of nitrogens with one attached hydrogen (secondary N) is 1. The zero-order valence-corrected chi connectivity index (χ0v) is 20.0. The second-order valence-electron chi connectivity index (χ2n) is 10.2. The first-order chi connectivity index (χ1) is 17.8. The Bertz CT molecular complexity index is 1350. The van der Waals surface area contributed by atoms with E-state index in [1.54, 1.807) is 23.1 Å². The van der Waals surface area contributed by atoms with Crippen LogP contribution in [0.2, 0.25) is 0 Å². The number of aromatic nitrogens is 3. The number of hydrogen-bond donors (Lipinski definition) is 1. The van der Waals surface area contributed by atoms with E-state index in [1.807, 2.05) is 4.90 Å². The predicted octanol–water partition coefficient (Wildman–Crippen LogP) is 4.58. The number of rotatable bonds is 4. The number of amides is 2. The zero-order valence-electron chi connectivity index (χ0n) is 20.0. The molecule has 2 amide bonds. The van der Waals surface area contributed by atoms with E-state index in [4.69, 9.17) is 4.74 Å². The highest BCUT2D eigenvalue weighted by Gasteiger charge is 2.41. The quantitative estimate of drug-likeness (QED) is 0.551. The zero-order chi connectivity index (χ0) is 25.7. The number of aromatic amines is 1. The van der Waals surface area contributed by atoms with Gasteiger partial charge in [-0.3, -0.25) is 4.79 Å². The predicted molar refractivity (Wildman–Crippen MR) is 127 cm³/mol. The average Bonchev–Trinajstić information content (AvgIpc) is 3.47. The van der Waals surface area contributed by atoms with Gasteiger partial charge in [-0.05, 0) is 78.5 Å². The van der Waals surface area contributed by atoms with Crippen molar-refractivity contribution in [3.05, 3.63) is 58.7 Å². The van der Waals surface area contributed by atoms with Crippen LogP contribution < -0.4 is 0 Å². The molecule has 2 aliphatic heterocycles. The Kier molecular flexibility index (Phi) is 5.80. The smallest absolute Gasteiger partial charge is 0.416 e. The van der Waals surface area contributed by atoms with Crippen LogP contribution in [-0.4, -0.2) is 63.4 Å². The van der Waals surface area contributed by atoms with Gasteiger partial charge in [-0.2, -0.15) is 28.6 Å². The van der Waals surface area contributed by atoms with E-state index < -0.39 is 17.8 Å². The number of carbonyl (C=O) groups excluding carboxylic acids is 2. The molecule has 6 rings (SSSR count). The van der Waals surface area contributed by atoms with Crippen molar-refractivity contribution in [3.8, 4) is 0 Å². The molecule has 37 heavy (non-hydrogen) atoms. The Balaban J connectivity index is 1.07. The van der Waals surface area contributed by atoms with Crippen LogP contribution in [-0.2, 0) is 17.5 Å². The fraction of sp³-hybridized carbons (Fsp3) is 0.462. The van der Waals surface area contributed by atoms with Crippen molar-refractivity contribution in [2.45, 2.75) is 38.0 Å². The molecule has 0 radical (unpaired) electrons. The summed E-state index contributed by atoms with van der Waals surface area (Å²) in [7, 11) is 0. The molecular weight excluding hydrogens is 487 g/mol. The maximum Gasteiger partial charge on any atom is 0.416 e. The van der Waals surface area contributed by atoms with Gasteiger partial charge in [-0.1, -0.05) is 6.07 Å². The second kappa shape index (κ2) is 9.04. The number of halogens is 3. The number of carbonyl (C=O) groups is 2. The van der Waals surface area contributed by atoms with Gasteiger partial charge in [-0.15, -0.1) is 0 Å². The number of piperidine rings is 1. The fourth-order valence-electron chi connectivity index (χ4n) is 5.56. The first-order valence-corrected chi connectivity index (χ1v) is 12.5. The molecule has 0 bridgehead atoms. The molecule has 2 aromatic carbocycles. The summed E-state index contributed by atoms with van der Waals surface area (Å²) < 4.78 is 45.0. The normalized spacial score (nSPS) is 21.8. The molecule has 3 heterocycles. The Morgan fingerprint density at radius 1 is 0.946 bits per heavy atom. The third-order valence-corrected chi connectivity index (χ3v) is 7.75. The van der Waals surface area contributed by atoms with Crippen molar-refractivity contribution >= 4 is 23.0 Å². The largest absolute Gasteiger partial charge is 0.445 e. The number of fused-ring (bicyclic) bond motifs is 2. The molecule has 3 aromatic rings. The van der Waals surface area contributed by atoms with Gasteiger partial charge < -0.3 is 14.5 Å². The van der Waals surface area contributed by atoms with Gasteiger partial charge in [0.15, 0.2) is 0 Å². The molecule has 1 aromatic heterocycles. The van der Waals surface area contributed by atoms with E-state index >= 15 is 0 Å². The van der Waals surface area contributed by atoms with Gasteiger partial charge in [0, 0.05) is 31.7 Å². The van der Waals surface area contributed by atoms with Crippen LogP contribution in [0.5, 0.6) is 0 Å². The van der Waals surface area contributed by atoms with E-state index in [1.165, 1.54) is 12.1 Å². The number of hydrogen-bond acceptors (Lipinski definition) is 5. The summed E-state index contributed by atoms with van der Waals surface area (Å²) in [6.45, 7) is 2.14. The van der Waals surface area contributed by atoms with Crippen LogP contribution in [0.25, 0.3) is 11.0 Å². The maximum absolute atomic E-state index is 13.1. The average molecular weight is 514 g/mol. The number of alkyl halides is 3. The van der Waals surface area contributed by atoms with Crippen molar-refractivity contribution < 1.29 is 27.5 Å². The van der Waals surface area contributed by atoms with E-state index in [9.17, 15) is 22.8 Å². The Labute approximate surface area is 210 Å². The number of benzene rings is 2. The van der Waals surface area contributed by atoms with Gasteiger partial charge in [0.05, 0.1) is 5.56 Å². The summed E-state index contributed by atoms with van der Waals surface area (Å²) in [4.78, 5) is 29.4. The van der Waals surface area contributed by atoms with Crippen LogP contribution in [0.15, 0.2) is 36.4 Å². The number of H-pyrrole nitrogens is 1. The van der Waals surface area contributed by atoms with Gasteiger partial charge in [0.2, 0.25) is 0 Å². The third kappa shape index (κ3) is 4.74. The van der Waals surface area contributed by atoms with Gasteiger partial charge in [0.25, 0.3) is 5.91 Å². The SMILES string of the molecule is O=C(OCc1ccc(C(F)(F)F)cc1C1CC1)N1CC[C@@H]2CN(C(=O)c3ccc4n[nH]nc4c3)C[C@H]2C1. The number of nitrogens with zero attached hydrogens (tertiary/aromatic N) is 4. The number of ether oxygens (including phenoxy) is 1.